The molecule has 0 heterocycles. The first-order valence-corrected chi connectivity index (χ1v) is 7.03. The van der Waals surface area contributed by atoms with Crippen LogP contribution >= 0.6 is 11.6 Å². The smallest absolute Gasteiger partial charge is 0.0644 e. The van der Waals surface area contributed by atoms with Gasteiger partial charge in [-0.05, 0) is 40.7 Å². The summed E-state index contributed by atoms with van der Waals surface area (Å²) in [6.07, 6.45) is 1.07. The highest BCUT2D eigenvalue weighted by Gasteiger charge is 2.29. The molecule has 0 fully saturated rings. The maximum Gasteiger partial charge on any atom is 0.0644 e. The summed E-state index contributed by atoms with van der Waals surface area (Å²) in [6, 6.07) is 12.9. The van der Waals surface area contributed by atoms with Crippen LogP contribution in [0.2, 0.25) is 0 Å². The van der Waals surface area contributed by atoms with E-state index >= 15 is 0 Å². The fraction of sp³-hybridized carbons (Fsp3) is 0.412. The van der Waals surface area contributed by atoms with Crippen LogP contribution in [0.15, 0.2) is 36.4 Å². The standard InChI is InChI=1S/C17H21Cl/c1-5-17(3,4)16(18)15-12(2)10-11-13-8-6-7-9-14(13)15/h6-11,16H,5H2,1-4H3. The van der Waals surface area contributed by atoms with Crippen LogP contribution in [0.4, 0.5) is 0 Å². The number of fused-ring (bicyclic) bond motifs is 1. The molecular formula is C17H21Cl. The fourth-order valence-corrected chi connectivity index (χ4v) is 2.75. The molecule has 1 atom stereocenters. The van der Waals surface area contributed by atoms with Crippen molar-refractivity contribution in [2.75, 3.05) is 0 Å². The van der Waals surface area contributed by atoms with Gasteiger partial charge in [-0.25, -0.2) is 0 Å². The molecule has 0 aliphatic rings. The molecule has 0 aliphatic carbocycles. The predicted molar refractivity (Wildman–Crippen MR) is 81.4 cm³/mol. The summed E-state index contributed by atoms with van der Waals surface area (Å²) in [7, 11) is 0. The minimum absolute atomic E-state index is 0.0496. The number of rotatable bonds is 3. The van der Waals surface area contributed by atoms with Gasteiger partial charge in [-0.15, -0.1) is 11.6 Å². The molecular weight excluding hydrogens is 240 g/mol. The first kappa shape index (κ1) is 13.4. The highest BCUT2D eigenvalue weighted by molar-refractivity contribution is 6.22. The van der Waals surface area contributed by atoms with Crippen molar-refractivity contribution >= 4 is 22.4 Å². The lowest BCUT2D eigenvalue weighted by Gasteiger charge is -2.31. The van der Waals surface area contributed by atoms with Crippen molar-refractivity contribution in [2.24, 2.45) is 5.41 Å². The molecule has 0 aliphatic heterocycles. The molecule has 0 amide bonds. The zero-order chi connectivity index (χ0) is 13.3. The molecule has 0 saturated carbocycles. The van der Waals surface area contributed by atoms with Crippen LogP contribution in [0, 0.1) is 12.3 Å². The topological polar surface area (TPSA) is 0 Å². The molecule has 0 saturated heterocycles. The van der Waals surface area contributed by atoms with Crippen molar-refractivity contribution in [3.8, 4) is 0 Å². The molecule has 0 bridgehead atoms. The van der Waals surface area contributed by atoms with Gasteiger partial charge in [0.2, 0.25) is 0 Å². The zero-order valence-electron chi connectivity index (χ0n) is 11.6. The van der Waals surface area contributed by atoms with E-state index in [0.29, 0.717) is 0 Å². The number of hydrogen-bond donors (Lipinski definition) is 0. The molecule has 1 unspecified atom stereocenters. The number of halogens is 1. The summed E-state index contributed by atoms with van der Waals surface area (Å²) < 4.78 is 0. The van der Waals surface area contributed by atoms with Gasteiger partial charge in [0.05, 0.1) is 5.38 Å². The van der Waals surface area contributed by atoms with Crippen molar-refractivity contribution in [3.63, 3.8) is 0 Å². The van der Waals surface area contributed by atoms with Gasteiger partial charge in [-0.1, -0.05) is 57.2 Å². The largest absolute Gasteiger partial charge is 0.117 e. The Morgan fingerprint density at radius 2 is 1.78 bits per heavy atom. The minimum Gasteiger partial charge on any atom is -0.117 e. The molecule has 2 rings (SSSR count). The highest BCUT2D eigenvalue weighted by Crippen LogP contribution is 2.44. The maximum atomic E-state index is 6.78. The van der Waals surface area contributed by atoms with Crippen molar-refractivity contribution in [3.05, 3.63) is 47.5 Å². The number of aryl methyl sites for hydroxylation is 1. The second kappa shape index (κ2) is 4.93. The molecule has 0 spiro atoms. The van der Waals surface area contributed by atoms with E-state index in [4.69, 9.17) is 11.6 Å². The van der Waals surface area contributed by atoms with Gasteiger partial charge in [0.15, 0.2) is 0 Å². The Kier molecular flexibility index (Phi) is 3.68. The second-order valence-corrected chi connectivity index (χ2v) is 6.16. The third-order valence-electron chi connectivity index (χ3n) is 4.04. The fourth-order valence-electron chi connectivity index (χ4n) is 2.31. The number of benzene rings is 2. The summed E-state index contributed by atoms with van der Waals surface area (Å²) in [5.41, 5.74) is 2.69. The average Bonchev–Trinajstić information content (AvgIpc) is 2.38. The SMILES string of the molecule is CCC(C)(C)C(Cl)c1c(C)ccc2ccccc12. The lowest BCUT2D eigenvalue weighted by molar-refractivity contribution is 0.337. The van der Waals surface area contributed by atoms with E-state index < -0.39 is 0 Å². The van der Waals surface area contributed by atoms with Crippen molar-refractivity contribution in [2.45, 2.75) is 39.5 Å². The summed E-state index contributed by atoms with van der Waals surface area (Å²) in [6.45, 7) is 8.84. The summed E-state index contributed by atoms with van der Waals surface area (Å²) >= 11 is 6.78. The van der Waals surface area contributed by atoms with Crippen molar-refractivity contribution < 1.29 is 0 Å². The Labute approximate surface area is 115 Å². The normalized spacial score (nSPS) is 13.8. The van der Waals surface area contributed by atoms with Crippen LogP contribution in [0.25, 0.3) is 10.8 Å². The summed E-state index contributed by atoms with van der Waals surface area (Å²) in [4.78, 5) is 0. The Bertz CT molecular complexity index is 555. The van der Waals surface area contributed by atoms with Gasteiger partial charge in [0.1, 0.15) is 0 Å². The molecule has 2 aromatic rings. The summed E-state index contributed by atoms with van der Waals surface area (Å²) in [5, 5.41) is 2.61. The van der Waals surface area contributed by atoms with Gasteiger partial charge >= 0.3 is 0 Å². The van der Waals surface area contributed by atoms with Crippen LogP contribution in [-0.2, 0) is 0 Å². The minimum atomic E-state index is 0.0496. The molecule has 18 heavy (non-hydrogen) atoms. The van der Waals surface area contributed by atoms with Gasteiger partial charge in [-0.2, -0.15) is 0 Å². The maximum absolute atomic E-state index is 6.78. The second-order valence-electron chi connectivity index (χ2n) is 5.72. The lowest BCUT2D eigenvalue weighted by atomic mass is 9.80. The molecule has 0 N–H and O–H groups in total. The number of alkyl halides is 1. The van der Waals surface area contributed by atoms with E-state index in [2.05, 4.69) is 64.1 Å². The highest BCUT2D eigenvalue weighted by atomic mass is 35.5. The Balaban J connectivity index is 2.66. The van der Waals surface area contributed by atoms with Crippen LogP contribution < -0.4 is 0 Å². The van der Waals surface area contributed by atoms with E-state index in [-0.39, 0.29) is 10.8 Å². The summed E-state index contributed by atoms with van der Waals surface area (Å²) in [5.74, 6) is 0. The molecule has 0 radical (unpaired) electrons. The predicted octanol–water partition coefficient (Wildman–Crippen LogP) is 5.86. The van der Waals surface area contributed by atoms with Gasteiger partial charge < -0.3 is 0 Å². The Morgan fingerprint density at radius 1 is 1.11 bits per heavy atom. The average molecular weight is 261 g/mol. The molecule has 0 nitrogen and oxygen atoms in total. The van der Waals surface area contributed by atoms with E-state index in [1.165, 1.54) is 21.9 Å². The van der Waals surface area contributed by atoms with Crippen molar-refractivity contribution in [1.29, 1.82) is 0 Å². The van der Waals surface area contributed by atoms with Crippen LogP contribution in [0.3, 0.4) is 0 Å². The van der Waals surface area contributed by atoms with Crippen LogP contribution in [-0.4, -0.2) is 0 Å². The monoisotopic (exact) mass is 260 g/mol. The van der Waals surface area contributed by atoms with E-state index in [1.54, 1.807) is 0 Å². The molecule has 1 heteroatoms. The number of hydrogen-bond acceptors (Lipinski definition) is 0. The molecule has 0 aromatic heterocycles. The molecule has 2 aromatic carbocycles. The Hall–Kier alpha value is -1.01. The van der Waals surface area contributed by atoms with Crippen molar-refractivity contribution in [1.82, 2.24) is 0 Å². The van der Waals surface area contributed by atoms with E-state index in [9.17, 15) is 0 Å². The van der Waals surface area contributed by atoms with Crippen LogP contribution in [0.1, 0.15) is 43.7 Å². The lowest BCUT2D eigenvalue weighted by Crippen LogP contribution is -2.18. The van der Waals surface area contributed by atoms with Crippen LogP contribution in [0.5, 0.6) is 0 Å². The third-order valence-corrected chi connectivity index (χ3v) is 4.85. The van der Waals surface area contributed by atoms with Gasteiger partial charge in [0, 0.05) is 0 Å². The van der Waals surface area contributed by atoms with E-state index in [1.807, 2.05) is 0 Å². The zero-order valence-corrected chi connectivity index (χ0v) is 12.4. The Morgan fingerprint density at radius 3 is 2.44 bits per heavy atom. The first-order valence-electron chi connectivity index (χ1n) is 6.59. The quantitative estimate of drug-likeness (QED) is 0.606. The third kappa shape index (κ3) is 2.27. The van der Waals surface area contributed by atoms with Gasteiger partial charge in [0.25, 0.3) is 0 Å². The van der Waals surface area contributed by atoms with E-state index in [0.717, 1.165) is 6.42 Å². The van der Waals surface area contributed by atoms with Gasteiger partial charge in [-0.3, -0.25) is 0 Å². The molecule has 96 valence electrons. The first-order chi connectivity index (χ1) is 8.47.